The number of nitrogens with one attached hydrogen (secondary N) is 1. The number of hydrogen-bond acceptors (Lipinski definition) is 3. The summed E-state index contributed by atoms with van der Waals surface area (Å²) >= 11 is 0. The molecule has 0 aliphatic carbocycles. The van der Waals surface area contributed by atoms with Crippen molar-refractivity contribution in [3.63, 3.8) is 0 Å². The van der Waals surface area contributed by atoms with Gasteiger partial charge in [-0.3, -0.25) is 4.79 Å². The van der Waals surface area contributed by atoms with Crippen molar-refractivity contribution >= 4 is 115 Å². The number of carbonyl (C=O) groups excluding carboxylic acids is 1. The van der Waals surface area contributed by atoms with Crippen LogP contribution in [0.15, 0.2) is 24.3 Å². The Hall–Kier alpha value is 1.23. The molecule has 1 aromatic rings. The quantitative estimate of drug-likeness (QED) is 0.155. The van der Waals surface area contributed by atoms with Crippen LogP contribution in [0.1, 0.15) is 115 Å². The Balaban J connectivity index is 0. The molecule has 0 saturated heterocycles. The van der Waals surface area contributed by atoms with Crippen LogP contribution in [0.3, 0.4) is 0 Å². The van der Waals surface area contributed by atoms with Crippen molar-refractivity contribution in [1.29, 1.82) is 0 Å². The van der Waals surface area contributed by atoms with Crippen LogP contribution in [0.4, 0.5) is 0 Å². The van der Waals surface area contributed by atoms with E-state index in [0.29, 0.717) is 6.42 Å². The average molecular weight is 528 g/mol. The van der Waals surface area contributed by atoms with Gasteiger partial charge in [-0.2, -0.15) is 0 Å². The van der Waals surface area contributed by atoms with E-state index in [1.165, 1.54) is 89.2 Å². The molecule has 3 N–H and O–H groups in total. The molecule has 0 unspecified atom stereocenters. The summed E-state index contributed by atoms with van der Waals surface area (Å²) in [6.45, 7) is 2.26. The first-order valence-corrected chi connectivity index (χ1v) is 12.8. The molecule has 0 aliphatic rings. The summed E-state index contributed by atoms with van der Waals surface area (Å²) in [7, 11) is 0. The van der Waals surface area contributed by atoms with Crippen molar-refractivity contribution in [3.8, 4) is 5.75 Å². The van der Waals surface area contributed by atoms with Crippen molar-refractivity contribution in [2.24, 2.45) is 0 Å². The van der Waals surface area contributed by atoms with Crippen LogP contribution in [0.2, 0.25) is 0 Å². The third kappa shape index (κ3) is 21.3. The molecule has 0 aliphatic heterocycles. The number of aliphatic carboxylic acids is 1. The molecule has 1 atom stereocenters. The van der Waals surface area contributed by atoms with Crippen LogP contribution < -0.4 is 5.32 Å². The fourth-order valence-electron chi connectivity index (χ4n) is 3.99. The summed E-state index contributed by atoms with van der Waals surface area (Å²) in [6.07, 6.45) is 19.7. The van der Waals surface area contributed by atoms with Gasteiger partial charge >= 0.3 is 109 Å². The van der Waals surface area contributed by atoms with Gasteiger partial charge in [-0.05, 0) is 24.1 Å². The Morgan fingerprint density at radius 2 is 1.15 bits per heavy atom. The fraction of sp³-hybridized carbons (Fsp3) is 0.704. The second-order valence-electron chi connectivity index (χ2n) is 9.03. The van der Waals surface area contributed by atoms with Crippen LogP contribution >= 0.6 is 0 Å². The molecule has 186 valence electrons. The maximum absolute atomic E-state index is 12.1. The molecule has 0 fully saturated rings. The number of carbonyl (C=O) groups is 2. The topological polar surface area (TPSA) is 86.6 Å². The normalized spacial score (nSPS) is 11.2. The standard InChI is InChI=1S/C27H45NO4.2K.2H/c1-2-3-4-5-6-7-8-9-10-11-12-13-14-15-16-17-26(30)28-25(27(31)32)22-23-18-20-24(29)21-19-23;;;;/h18-21,25,29H,2-17,22H2,1H3,(H,28,30)(H,31,32);;;;/t25-;;;;/m0..../s1. The molecule has 0 bridgehead atoms. The monoisotopic (exact) mass is 527 g/mol. The van der Waals surface area contributed by atoms with Crippen molar-refractivity contribution in [3.05, 3.63) is 29.8 Å². The van der Waals surface area contributed by atoms with E-state index >= 15 is 0 Å². The van der Waals surface area contributed by atoms with E-state index in [4.69, 9.17) is 0 Å². The molecule has 0 saturated carbocycles. The minimum absolute atomic E-state index is 0. The number of carboxylic acids is 1. The van der Waals surface area contributed by atoms with E-state index in [2.05, 4.69) is 12.2 Å². The van der Waals surface area contributed by atoms with Crippen LogP contribution in [0, 0.1) is 0 Å². The Bertz CT molecular complexity index is 626. The van der Waals surface area contributed by atoms with E-state index in [9.17, 15) is 19.8 Å². The van der Waals surface area contributed by atoms with Crippen molar-refractivity contribution in [2.45, 2.75) is 122 Å². The van der Waals surface area contributed by atoms with E-state index in [1.807, 2.05) is 0 Å². The summed E-state index contributed by atoms with van der Waals surface area (Å²) in [5, 5.41) is 21.3. The number of rotatable bonds is 20. The van der Waals surface area contributed by atoms with Gasteiger partial charge in [0, 0.05) is 12.8 Å². The molecule has 7 heteroatoms. The number of carboxylic acid groups (broad SMARTS) is 1. The molecule has 34 heavy (non-hydrogen) atoms. The zero-order chi connectivity index (χ0) is 23.4. The van der Waals surface area contributed by atoms with Crippen molar-refractivity contribution in [1.82, 2.24) is 5.32 Å². The van der Waals surface area contributed by atoms with E-state index in [1.54, 1.807) is 12.1 Å². The average Bonchev–Trinajstić information content (AvgIpc) is 2.77. The van der Waals surface area contributed by atoms with Crippen molar-refractivity contribution < 1.29 is 19.8 Å². The van der Waals surface area contributed by atoms with E-state index < -0.39 is 12.0 Å². The number of aromatic hydroxyl groups is 1. The molecule has 1 amide bonds. The zero-order valence-electron chi connectivity index (χ0n) is 20.1. The van der Waals surface area contributed by atoms with Gasteiger partial charge in [-0.1, -0.05) is 109 Å². The number of benzene rings is 1. The first-order valence-electron chi connectivity index (χ1n) is 12.8. The summed E-state index contributed by atoms with van der Waals surface area (Å²) < 4.78 is 0. The van der Waals surface area contributed by atoms with Gasteiger partial charge in [-0.15, -0.1) is 0 Å². The zero-order valence-corrected chi connectivity index (χ0v) is 20.1. The van der Waals surface area contributed by atoms with Gasteiger partial charge in [0.05, 0.1) is 0 Å². The van der Waals surface area contributed by atoms with Crippen LogP contribution in [-0.2, 0) is 16.0 Å². The number of hydrogen-bond donors (Lipinski definition) is 3. The fourth-order valence-corrected chi connectivity index (χ4v) is 3.99. The first kappa shape index (κ1) is 37.4. The first-order chi connectivity index (χ1) is 15.5. The molecule has 1 aromatic carbocycles. The minimum atomic E-state index is -1.04. The Labute approximate surface area is 292 Å². The number of unbranched alkanes of at least 4 members (excludes halogenated alkanes) is 14. The molecule has 0 aromatic heterocycles. The van der Waals surface area contributed by atoms with Crippen molar-refractivity contribution in [2.75, 3.05) is 0 Å². The molecular formula is C27H47K2NO4. The van der Waals surface area contributed by atoms with Gasteiger partial charge in [-0.25, -0.2) is 4.79 Å². The third-order valence-corrected chi connectivity index (χ3v) is 6.02. The summed E-state index contributed by atoms with van der Waals surface area (Å²) in [4.78, 5) is 23.6. The number of phenols is 1. The predicted molar refractivity (Wildman–Crippen MR) is 145 cm³/mol. The van der Waals surface area contributed by atoms with Gasteiger partial charge in [0.2, 0.25) is 5.91 Å². The Morgan fingerprint density at radius 3 is 1.56 bits per heavy atom. The van der Waals surface area contributed by atoms with Crippen LogP contribution in [0.25, 0.3) is 0 Å². The van der Waals surface area contributed by atoms with Crippen LogP contribution in [0.5, 0.6) is 5.75 Å². The molecule has 0 heterocycles. The van der Waals surface area contributed by atoms with Gasteiger partial charge in [0.1, 0.15) is 11.8 Å². The molecule has 0 radical (unpaired) electrons. The van der Waals surface area contributed by atoms with E-state index in [0.717, 1.165) is 24.8 Å². The van der Waals surface area contributed by atoms with Gasteiger partial charge < -0.3 is 15.5 Å². The Morgan fingerprint density at radius 1 is 0.735 bits per heavy atom. The second kappa shape index (κ2) is 25.9. The van der Waals surface area contributed by atoms with Crippen LogP contribution in [-0.4, -0.2) is 131 Å². The van der Waals surface area contributed by atoms with Gasteiger partial charge in [0.15, 0.2) is 0 Å². The molecule has 0 spiro atoms. The molecule has 1 rings (SSSR count). The molecular weight excluding hydrogens is 480 g/mol. The third-order valence-electron chi connectivity index (χ3n) is 6.02. The second-order valence-corrected chi connectivity index (χ2v) is 9.03. The summed E-state index contributed by atoms with van der Waals surface area (Å²) in [5.74, 6) is -1.10. The summed E-state index contributed by atoms with van der Waals surface area (Å²) in [5.41, 5.74) is 0.766. The van der Waals surface area contributed by atoms with E-state index in [-0.39, 0.29) is 121 Å². The number of amides is 1. The van der Waals surface area contributed by atoms with Gasteiger partial charge in [0.25, 0.3) is 0 Å². The maximum atomic E-state index is 12.1. The molecule has 5 nitrogen and oxygen atoms in total. The summed E-state index contributed by atoms with van der Waals surface area (Å²) in [6, 6.07) is 5.44. The SMILES string of the molecule is CCCCCCCCCCCCCCCCCC(=O)N[C@@H](Cc1ccc(O)cc1)C(=O)O.[KH].[KH]. The Kier molecular flexibility index (Phi) is 28.4. The predicted octanol–water partition coefficient (Wildman–Crippen LogP) is 5.47. The number of phenolic OH excluding ortho intramolecular Hbond substituents is 1.